The summed E-state index contributed by atoms with van der Waals surface area (Å²) in [7, 11) is 0. The fraction of sp³-hybridized carbons (Fsp3) is 0.286. The Balaban J connectivity index is 2.14. The van der Waals surface area contributed by atoms with E-state index in [-0.39, 0.29) is 0 Å². The molecule has 0 spiro atoms. The lowest BCUT2D eigenvalue weighted by Crippen LogP contribution is -2.23. The van der Waals surface area contributed by atoms with Crippen molar-refractivity contribution in [3.63, 3.8) is 0 Å². The Labute approximate surface area is 102 Å². The number of nitrogens with zero attached hydrogens (tertiary/aromatic N) is 3. The van der Waals surface area contributed by atoms with Gasteiger partial charge < -0.3 is 4.90 Å². The molecule has 0 unspecified atom stereocenters. The van der Waals surface area contributed by atoms with Crippen molar-refractivity contribution in [2.24, 2.45) is 0 Å². The number of anilines is 1. The Morgan fingerprint density at radius 3 is 2.35 bits per heavy atom. The number of aromatic nitrogens is 2. The SMILES string of the molecule is CCN(Cc1ccccc1)c1ccc(C)nn1. The molecule has 88 valence electrons. The maximum atomic E-state index is 4.22. The molecule has 3 heteroatoms. The van der Waals surface area contributed by atoms with Gasteiger partial charge in [-0.15, -0.1) is 5.10 Å². The highest BCUT2D eigenvalue weighted by Gasteiger charge is 2.06. The van der Waals surface area contributed by atoms with E-state index in [4.69, 9.17) is 0 Å². The average Bonchev–Trinajstić information content (AvgIpc) is 2.38. The predicted octanol–water partition coefficient (Wildman–Crippen LogP) is 2.81. The molecule has 0 aliphatic heterocycles. The fourth-order valence-electron chi connectivity index (χ4n) is 1.72. The summed E-state index contributed by atoms with van der Waals surface area (Å²) in [5.74, 6) is 0.932. The molecule has 0 saturated heterocycles. The van der Waals surface area contributed by atoms with E-state index in [9.17, 15) is 0 Å². The Kier molecular flexibility index (Phi) is 3.70. The van der Waals surface area contributed by atoms with Gasteiger partial charge >= 0.3 is 0 Å². The Hall–Kier alpha value is -1.90. The molecule has 1 heterocycles. The standard InChI is InChI=1S/C14H17N3/c1-3-17(11-13-7-5-4-6-8-13)14-10-9-12(2)15-16-14/h4-10H,3,11H2,1-2H3. The fourth-order valence-corrected chi connectivity index (χ4v) is 1.72. The van der Waals surface area contributed by atoms with Crippen LogP contribution in [0.25, 0.3) is 0 Å². The summed E-state index contributed by atoms with van der Waals surface area (Å²) in [6.45, 7) is 5.87. The highest BCUT2D eigenvalue weighted by molar-refractivity contribution is 5.38. The third-order valence-corrected chi connectivity index (χ3v) is 2.71. The van der Waals surface area contributed by atoms with E-state index in [0.29, 0.717) is 0 Å². The molecule has 17 heavy (non-hydrogen) atoms. The van der Waals surface area contributed by atoms with Gasteiger partial charge in [0.05, 0.1) is 5.69 Å². The quantitative estimate of drug-likeness (QED) is 0.804. The van der Waals surface area contributed by atoms with Gasteiger partial charge in [-0.3, -0.25) is 0 Å². The van der Waals surface area contributed by atoms with E-state index in [1.54, 1.807) is 0 Å². The molecule has 0 amide bonds. The average molecular weight is 227 g/mol. The summed E-state index contributed by atoms with van der Waals surface area (Å²) in [6.07, 6.45) is 0. The zero-order valence-electron chi connectivity index (χ0n) is 10.3. The largest absolute Gasteiger partial charge is 0.351 e. The van der Waals surface area contributed by atoms with Crippen LogP contribution >= 0.6 is 0 Å². The van der Waals surface area contributed by atoms with E-state index in [0.717, 1.165) is 24.6 Å². The summed E-state index contributed by atoms with van der Waals surface area (Å²) >= 11 is 0. The van der Waals surface area contributed by atoms with Gasteiger partial charge in [0.1, 0.15) is 0 Å². The van der Waals surface area contributed by atoms with Gasteiger partial charge in [0.25, 0.3) is 0 Å². The van der Waals surface area contributed by atoms with Crippen molar-refractivity contribution >= 4 is 5.82 Å². The topological polar surface area (TPSA) is 29.0 Å². The first kappa shape index (κ1) is 11.6. The van der Waals surface area contributed by atoms with Crippen LogP contribution in [0, 0.1) is 6.92 Å². The molecule has 0 fully saturated rings. The third kappa shape index (κ3) is 3.03. The highest BCUT2D eigenvalue weighted by Crippen LogP contribution is 2.13. The van der Waals surface area contributed by atoms with E-state index in [1.807, 2.05) is 25.1 Å². The lowest BCUT2D eigenvalue weighted by Gasteiger charge is -2.21. The predicted molar refractivity (Wildman–Crippen MR) is 69.9 cm³/mol. The summed E-state index contributed by atoms with van der Waals surface area (Å²) in [5, 5.41) is 8.32. The van der Waals surface area contributed by atoms with Gasteiger partial charge in [0, 0.05) is 13.1 Å². The van der Waals surface area contributed by atoms with Crippen molar-refractivity contribution in [2.45, 2.75) is 20.4 Å². The van der Waals surface area contributed by atoms with E-state index in [1.165, 1.54) is 5.56 Å². The minimum absolute atomic E-state index is 0.870. The number of rotatable bonds is 4. The van der Waals surface area contributed by atoms with Crippen molar-refractivity contribution < 1.29 is 0 Å². The van der Waals surface area contributed by atoms with Crippen molar-refractivity contribution in [3.8, 4) is 0 Å². The lowest BCUT2D eigenvalue weighted by molar-refractivity contribution is 0.792. The maximum Gasteiger partial charge on any atom is 0.151 e. The summed E-state index contributed by atoms with van der Waals surface area (Å²) in [4.78, 5) is 2.21. The Morgan fingerprint density at radius 2 is 1.76 bits per heavy atom. The van der Waals surface area contributed by atoms with Crippen molar-refractivity contribution in [1.29, 1.82) is 0 Å². The van der Waals surface area contributed by atoms with Crippen molar-refractivity contribution in [3.05, 3.63) is 53.7 Å². The van der Waals surface area contributed by atoms with Crippen LogP contribution in [0.5, 0.6) is 0 Å². The smallest absolute Gasteiger partial charge is 0.151 e. The first-order chi connectivity index (χ1) is 8.29. The lowest BCUT2D eigenvalue weighted by atomic mass is 10.2. The minimum Gasteiger partial charge on any atom is -0.351 e. The first-order valence-corrected chi connectivity index (χ1v) is 5.89. The van der Waals surface area contributed by atoms with Crippen LogP contribution in [0.15, 0.2) is 42.5 Å². The van der Waals surface area contributed by atoms with Crippen LogP contribution in [0.1, 0.15) is 18.2 Å². The van der Waals surface area contributed by atoms with Crippen LogP contribution < -0.4 is 4.90 Å². The molecule has 0 aliphatic rings. The van der Waals surface area contributed by atoms with Gasteiger partial charge in [0.2, 0.25) is 0 Å². The summed E-state index contributed by atoms with van der Waals surface area (Å²) < 4.78 is 0. The molecule has 0 aliphatic carbocycles. The highest BCUT2D eigenvalue weighted by atomic mass is 15.3. The second kappa shape index (κ2) is 5.43. The second-order valence-corrected chi connectivity index (χ2v) is 4.03. The molecule has 3 nitrogen and oxygen atoms in total. The molecule has 0 N–H and O–H groups in total. The van der Waals surface area contributed by atoms with Crippen LogP contribution in [-0.4, -0.2) is 16.7 Å². The second-order valence-electron chi connectivity index (χ2n) is 4.03. The van der Waals surface area contributed by atoms with Gasteiger partial charge in [-0.05, 0) is 31.5 Å². The monoisotopic (exact) mass is 227 g/mol. The van der Waals surface area contributed by atoms with Gasteiger partial charge in [-0.2, -0.15) is 5.10 Å². The molecular formula is C14H17N3. The summed E-state index contributed by atoms with van der Waals surface area (Å²) in [6, 6.07) is 14.4. The molecule has 1 aromatic carbocycles. The summed E-state index contributed by atoms with van der Waals surface area (Å²) in [5.41, 5.74) is 2.24. The Morgan fingerprint density at radius 1 is 1.00 bits per heavy atom. The molecule has 0 atom stereocenters. The molecule has 2 rings (SSSR count). The molecule has 0 radical (unpaired) electrons. The van der Waals surface area contributed by atoms with Crippen LogP contribution in [0.2, 0.25) is 0 Å². The van der Waals surface area contributed by atoms with Gasteiger partial charge in [-0.25, -0.2) is 0 Å². The first-order valence-electron chi connectivity index (χ1n) is 5.89. The third-order valence-electron chi connectivity index (χ3n) is 2.71. The minimum atomic E-state index is 0.870. The van der Waals surface area contributed by atoms with E-state index in [2.05, 4.69) is 46.3 Å². The molecule has 1 aromatic heterocycles. The normalized spacial score (nSPS) is 10.2. The molecule has 2 aromatic rings. The van der Waals surface area contributed by atoms with Crippen LogP contribution in [0.4, 0.5) is 5.82 Å². The number of hydrogen-bond donors (Lipinski definition) is 0. The number of benzene rings is 1. The Bertz CT molecular complexity index is 451. The van der Waals surface area contributed by atoms with Crippen molar-refractivity contribution in [1.82, 2.24) is 10.2 Å². The van der Waals surface area contributed by atoms with Crippen molar-refractivity contribution in [2.75, 3.05) is 11.4 Å². The molecular weight excluding hydrogens is 210 g/mol. The molecule has 0 saturated carbocycles. The molecule has 0 bridgehead atoms. The van der Waals surface area contributed by atoms with Crippen LogP contribution in [-0.2, 0) is 6.54 Å². The zero-order valence-corrected chi connectivity index (χ0v) is 10.3. The number of hydrogen-bond acceptors (Lipinski definition) is 3. The maximum absolute atomic E-state index is 4.22. The van der Waals surface area contributed by atoms with E-state index >= 15 is 0 Å². The zero-order chi connectivity index (χ0) is 12.1. The van der Waals surface area contributed by atoms with Crippen LogP contribution in [0.3, 0.4) is 0 Å². The van der Waals surface area contributed by atoms with E-state index < -0.39 is 0 Å². The number of aryl methyl sites for hydroxylation is 1. The van der Waals surface area contributed by atoms with Gasteiger partial charge in [-0.1, -0.05) is 30.3 Å². The van der Waals surface area contributed by atoms with Gasteiger partial charge in [0.15, 0.2) is 5.82 Å².